The summed E-state index contributed by atoms with van der Waals surface area (Å²) in [5.41, 5.74) is 2.53. The molecule has 0 amide bonds. The number of rotatable bonds is 10. The van der Waals surface area contributed by atoms with Gasteiger partial charge in [0.25, 0.3) is 0 Å². The summed E-state index contributed by atoms with van der Waals surface area (Å²) >= 11 is 0. The first-order valence-corrected chi connectivity index (χ1v) is 13.6. The van der Waals surface area contributed by atoms with Gasteiger partial charge in [-0.3, -0.25) is 9.79 Å². The Hall–Kier alpha value is -3.10. The molecule has 12 nitrogen and oxygen atoms in total. The molecule has 5 rings (SSSR count). The van der Waals surface area contributed by atoms with Crippen molar-refractivity contribution < 1.29 is 44.5 Å². The maximum atomic E-state index is 13.1. The molecule has 3 aliphatic heterocycles. The number of hydrogen-bond acceptors (Lipinski definition) is 12. The fourth-order valence-electron chi connectivity index (χ4n) is 5.46. The lowest BCUT2D eigenvalue weighted by Gasteiger charge is -2.41. The largest absolute Gasteiger partial charge is 0.482 e. The molecule has 0 saturated heterocycles. The van der Waals surface area contributed by atoms with Crippen LogP contribution in [-0.4, -0.2) is 87.1 Å². The van der Waals surface area contributed by atoms with Gasteiger partial charge in [-0.25, -0.2) is 9.78 Å². The predicted molar refractivity (Wildman–Crippen MR) is 149 cm³/mol. The highest BCUT2D eigenvalue weighted by Gasteiger charge is 2.43. The van der Waals surface area contributed by atoms with E-state index in [1.807, 2.05) is 26.1 Å². The summed E-state index contributed by atoms with van der Waals surface area (Å²) in [5.74, 6) is 1.02. The smallest absolute Gasteiger partial charge is 0.193 e. The van der Waals surface area contributed by atoms with Gasteiger partial charge < -0.3 is 39.6 Å². The third-order valence-corrected chi connectivity index (χ3v) is 7.81. The number of aliphatic hydroxyl groups excluding tert-OH is 5. The summed E-state index contributed by atoms with van der Waals surface area (Å²) in [6.45, 7) is 6.12. The molecule has 1 aromatic carbocycles. The number of aliphatic imine (C=N–C) groups is 1. The summed E-state index contributed by atoms with van der Waals surface area (Å²) in [6.07, 6.45) is -0.739. The SMILES string of the molecule is CCC1C2=CC=NC2=CN1c1c2c(cc3c(=O)cc(C)oc13)CC(OOCC(O)C(O)C(O)C(O)CO)C(C)(C)O2. The van der Waals surface area contributed by atoms with Gasteiger partial charge in [0, 0.05) is 36.0 Å². The summed E-state index contributed by atoms with van der Waals surface area (Å²) in [5, 5.41) is 48.9. The van der Waals surface area contributed by atoms with Crippen LogP contribution in [0.2, 0.25) is 0 Å². The van der Waals surface area contributed by atoms with Crippen molar-refractivity contribution in [3.8, 4) is 5.75 Å². The third-order valence-electron chi connectivity index (χ3n) is 7.81. The molecule has 0 spiro atoms. The van der Waals surface area contributed by atoms with Crippen molar-refractivity contribution in [3.05, 3.63) is 57.2 Å². The molecule has 6 atom stereocenters. The van der Waals surface area contributed by atoms with E-state index in [2.05, 4.69) is 16.8 Å². The Balaban J connectivity index is 1.46. The van der Waals surface area contributed by atoms with Crippen molar-refractivity contribution >= 4 is 22.9 Å². The summed E-state index contributed by atoms with van der Waals surface area (Å²) < 4.78 is 12.7. The van der Waals surface area contributed by atoms with Crippen molar-refractivity contribution in [2.45, 2.75) is 82.7 Å². The van der Waals surface area contributed by atoms with Crippen molar-refractivity contribution in [1.82, 2.24) is 0 Å². The summed E-state index contributed by atoms with van der Waals surface area (Å²) in [6, 6.07) is 3.14. The number of allylic oxidation sites excluding steroid dienone is 1. The number of aliphatic hydroxyl groups is 5. The number of nitrogens with zero attached hydrogens (tertiary/aromatic N) is 2. The molecule has 222 valence electrons. The van der Waals surface area contributed by atoms with E-state index in [0.717, 1.165) is 17.7 Å². The molecular weight excluding hydrogens is 536 g/mol. The first-order chi connectivity index (χ1) is 19.5. The van der Waals surface area contributed by atoms with Crippen molar-refractivity contribution in [2.75, 3.05) is 18.1 Å². The molecule has 3 aliphatic rings. The minimum absolute atomic E-state index is 0.0374. The van der Waals surface area contributed by atoms with E-state index in [-0.39, 0.29) is 17.9 Å². The van der Waals surface area contributed by atoms with E-state index in [4.69, 9.17) is 24.0 Å². The highest BCUT2D eigenvalue weighted by atomic mass is 17.2. The second-order valence-electron chi connectivity index (χ2n) is 11.1. The fraction of sp³-hybridized carbons (Fsp3) is 0.517. The van der Waals surface area contributed by atoms with E-state index in [0.29, 0.717) is 33.7 Å². The molecule has 41 heavy (non-hydrogen) atoms. The van der Waals surface area contributed by atoms with Gasteiger partial charge in [-0.15, -0.1) is 0 Å². The second-order valence-corrected chi connectivity index (χ2v) is 11.1. The van der Waals surface area contributed by atoms with E-state index < -0.39 is 49.3 Å². The van der Waals surface area contributed by atoms with E-state index in [1.54, 1.807) is 19.2 Å². The van der Waals surface area contributed by atoms with Gasteiger partial charge in [-0.1, -0.05) is 6.92 Å². The molecule has 6 unspecified atom stereocenters. The lowest BCUT2D eigenvalue weighted by molar-refractivity contribution is -0.358. The monoisotopic (exact) mass is 572 g/mol. The predicted octanol–water partition coefficient (Wildman–Crippen LogP) is 1.02. The molecule has 0 aliphatic carbocycles. The van der Waals surface area contributed by atoms with Gasteiger partial charge in [0.15, 0.2) is 16.8 Å². The minimum Gasteiger partial charge on any atom is -0.482 e. The Morgan fingerprint density at radius 2 is 1.90 bits per heavy atom. The lowest BCUT2D eigenvalue weighted by atomic mass is 9.89. The van der Waals surface area contributed by atoms with Crippen LogP contribution in [0.25, 0.3) is 11.0 Å². The van der Waals surface area contributed by atoms with E-state index in [9.17, 15) is 25.2 Å². The number of fused-ring (bicyclic) bond motifs is 3. The van der Waals surface area contributed by atoms with Crippen LogP contribution in [0, 0.1) is 6.92 Å². The van der Waals surface area contributed by atoms with Crippen molar-refractivity contribution in [1.29, 1.82) is 0 Å². The second kappa shape index (κ2) is 11.3. The quantitative estimate of drug-likeness (QED) is 0.203. The molecule has 2 aromatic rings. The zero-order valence-electron chi connectivity index (χ0n) is 23.4. The molecule has 0 fully saturated rings. The van der Waals surface area contributed by atoms with Crippen LogP contribution < -0.4 is 15.1 Å². The Labute approximate surface area is 236 Å². The molecule has 0 bridgehead atoms. The van der Waals surface area contributed by atoms with Crippen LogP contribution in [0.3, 0.4) is 0 Å². The highest BCUT2D eigenvalue weighted by molar-refractivity contribution is 5.96. The first kappa shape index (κ1) is 29.4. The standard InChI is InChI=1S/C29H36N2O10/c1-5-19-16-6-7-30-18(16)11-31(19)24-27-15(9-17-20(33)8-14(2)39-28(17)24)10-23(29(3,4)40-27)41-38-13-22(35)26(37)25(36)21(34)12-32/h6-9,11,19,21-23,25-26,32,34-37H,5,10,12-13H2,1-4H3. The number of anilines is 1. The Kier molecular flexibility index (Phi) is 8.09. The average molecular weight is 573 g/mol. The normalized spacial score (nSPS) is 23.9. The van der Waals surface area contributed by atoms with E-state index >= 15 is 0 Å². The lowest BCUT2D eigenvalue weighted by Crippen LogP contribution is -2.50. The number of benzene rings is 1. The topological polar surface area (TPSA) is 175 Å². The maximum absolute atomic E-state index is 13.1. The third kappa shape index (κ3) is 5.32. The summed E-state index contributed by atoms with van der Waals surface area (Å²) in [7, 11) is 0. The highest BCUT2D eigenvalue weighted by Crippen LogP contribution is 2.49. The van der Waals surface area contributed by atoms with Gasteiger partial charge in [-0.2, -0.15) is 0 Å². The molecule has 5 N–H and O–H groups in total. The molecule has 0 radical (unpaired) electrons. The summed E-state index contributed by atoms with van der Waals surface area (Å²) in [4.78, 5) is 30.5. The van der Waals surface area contributed by atoms with Gasteiger partial charge in [0.05, 0.1) is 23.7 Å². The Morgan fingerprint density at radius 3 is 2.61 bits per heavy atom. The fourth-order valence-corrected chi connectivity index (χ4v) is 5.46. The molecule has 0 saturated carbocycles. The molecule has 4 heterocycles. The van der Waals surface area contributed by atoms with Crippen molar-refractivity contribution in [3.63, 3.8) is 0 Å². The molecular formula is C29H36N2O10. The zero-order chi connectivity index (χ0) is 29.6. The van der Waals surface area contributed by atoms with Gasteiger partial charge >= 0.3 is 0 Å². The van der Waals surface area contributed by atoms with Crippen LogP contribution in [-0.2, 0) is 16.2 Å². The average Bonchev–Trinajstić information content (AvgIpc) is 3.52. The van der Waals surface area contributed by atoms with Crippen LogP contribution in [0.1, 0.15) is 38.5 Å². The van der Waals surface area contributed by atoms with Crippen LogP contribution >= 0.6 is 0 Å². The molecule has 1 aromatic heterocycles. The Morgan fingerprint density at radius 1 is 1.17 bits per heavy atom. The minimum atomic E-state index is -1.78. The first-order valence-electron chi connectivity index (χ1n) is 13.6. The van der Waals surface area contributed by atoms with Crippen molar-refractivity contribution in [2.24, 2.45) is 4.99 Å². The van der Waals surface area contributed by atoms with Gasteiger partial charge in [0.1, 0.15) is 54.2 Å². The number of hydrogen-bond donors (Lipinski definition) is 5. The van der Waals surface area contributed by atoms with Crippen LogP contribution in [0.5, 0.6) is 5.75 Å². The number of ether oxygens (including phenoxy) is 1. The van der Waals surface area contributed by atoms with Gasteiger partial charge in [-0.05, 0) is 39.3 Å². The van der Waals surface area contributed by atoms with Crippen LogP contribution in [0.4, 0.5) is 5.69 Å². The Bertz CT molecular complexity index is 1460. The van der Waals surface area contributed by atoms with Crippen LogP contribution in [0.15, 0.2) is 49.9 Å². The maximum Gasteiger partial charge on any atom is 0.193 e. The van der Waals surface area contributed by atoms with Gasteiger partial charge in [0.2, 0.25) is 0 Å². The van der Waals surface area contributed by atoms with E-state index in [1.165, 1.54) is 6.07 Å². The zero-order valence-corrected chi connectivity index (χ0v) is 23.4. The molecule has 12 heteroatoms. The number of aryl methyl sites for hydroxylation is 1.